The quantitative estimate of drug-likeness (QED) is 0.827. The summed E-state index contributed by atoms with van der Waals surface area (Å²) in [5, 5.41) is 4.51. The Morgan fingerprint density at radius 3 is 2.85 bits per heavy atom. The molecule has 2 aromatic rings. The molecule has 1 aromatic carbocycles. The minimum absolute atomic E-state index is 0.348. The second kappa shape index (κ2) is 7.41. The molecule has 1 N–H and O–H groups in total. The molecule has 0 amide bonds. The van der Waals surface area contributed by atoms with Gasteiger partial charge in [0.1, 0.15) is 10.8 Å². The van der Waals surface area contributed by atoms with Crippen molar-refractivity contribution in [3.05, 3.63) is 35.3 Å². The normalized spacial score (nSPS) is 12.3. The average Bonchev–Trinajstić information content (AvgIpc) is 2.95. The molecule has 3 nitrogen and oxygen atoms in total. The molecule has 1 atom stereocenters. The SMILES string of the molecule is CCCNC(C)c1cnc(-c2ccccc2OCC)s1. The van der Waals surface area contributed by atoms with Crippen molar-refractivity contribution < 1.29 is 4.74 Å². The first-order valence-corrected chi connectivity index (χ1v) is 7.99. The van der Waals surface area contributed by atoms with Gasteiger partial charge >= 0.3 is 0 Å². The summed E-state index contributed by atoms with van der Waals surface area (Å²) in [6.07, 6.45) is 3.11. The number of benzene rings is 1. The molecule has 1 aromatic heterocycles. The zero-order chi connectivity index (χ0) is 14.4. The zero-order valence-electron chi connectivity index (χ0n) is 12.3. The fourth-order valence-corrected chi connectivity index (χ4v) is 2.97. The lowest BCUT2D eigenvalue weighted by Crippen LogP contribution is -2.18. The Kier molecular flexibility index (Phi) is 5.56. The van der Waals surface area contributed by atoms with Gasteiger partial charge in [0, 0.05) is 17.1 Å². The average molecular weight is 290 g/mol. The number of aromatic nitrogens is 1. The Balaban J connectivity index is 2.20. The van der Waals surface area contributed by atoms with E-state index in [4.69, 9.17) is 4.74 Å². The van der Waals surface area contributed by atoms with Crippen LogP contribution in [0, 0.1) is 0 Å². The highest BCUT2D eigenvalue weighted by atomic mass is 32.1. The Labute approximate surface area is 125 Å². The Morgan fingerprint density at radius 2 is 2.10 bits per heavy atom. The van der Waals surface area contributed by atoms with Crippen molar-refractivity contribution in [3.63, 3.8) is 0 Å². The Hall–Kier alpha value is -1.39. The van der Waals surface area contributed by atoms with Gasteiger partial charge in [0.05, 0.1) is 12.2 Å². The lowest BCUT2D eigenvalue weighted by atomic mass is 10.2. The molecular formula is C16H22N2OS. The summed E-state index contributed by atoms with van der Waals surface area (Å²) >= 11 is 1.73. The monoisotopic (exact) mass is 290 g/mol. The molecule has 0 saturated carbocycles. The van der Waals surface area contributed by atoms with Crippen LogP contribution in [0.4, 0.5) is 0 Å². The molecule has 0 fully saturated rings. The minimum Gasteiger partial charge on any atom is -0.493 e. The van der Waals surface area contributed by atoms with Crippen molar-refractivity contribution in [3.8, 4) is 16.3 Å². The van der Waals surface area contributed by atoms with E-state index in [1.54, 1.807) is 11.3 Å². The first kappa shape index (κ1) is 15.0. The van der Waals surface area contributed by atoms with Crippen molar-refractivity contribution in [2.24, 2.45) is 0 Å². The smallest absolute Gasteiger partial charge is 0.129 e. The molecule has 20 heavy (non-hydrogen) atoms. The van der Waals surface area contributed by atoms with Gasteiger partial charge in [-0.3, -0.25) is 0 Å². The number of rotatable bonds is 7. The van der Waals surface area contributed by atoms with Crippen LogP contribution in [0.25, 0.3) is 10.6 Å². The number of thiazole rings is 1. The number of para-hydroxylation sites is 1. The van der Waals surface area contributed by atoms with E-state index in [0.29, 0.717) is 12.6 Å². The van der Waals surface area contributed by atoms with E-state index < -0.39 is 0 Å². The molecule has 0 spiro atoms. The molecule has 0 aliphatic heterocycles. The van der Waals surface area contributed by atoms with E-state index in [9.17, 15) is 0 Å². The Bertz CT molecular complexity index is 539. The zero-order valence-corrected chi connectivity index (χ0v) is 13.2. The molecule has 2 rings (SSSR count). The molecule has 1 unspecified atom stereocenters. The Morgan fingerprint density at radius 1 is 1.30 bits per heavy atom. The van der Waals surface area contributed by atoms with Gasteiger partial charge < -0.3 is 10.1 Å². The molecule has 1 heterocycles. The number of nitrogens with one attached hydrogen (secondary N) is 1. The maximum atomic E-state index is 5.68. The van der Waals surface area contributed by atoms with Gasteiger partial charge in [-0.15, -0.1) is 11.3 Å². The molecule has 0 aliphatic carbocycles. The van der Waals surface area contributed by atoms with Gasteiger partial charge in [0.2, 0.25) is 0 Å². The number of hydrogen-bond donors (Lipinski definition) is 1. The third-order valence-corrected chi connectivity index (χ3v) is 4.28. The minimum atomic E-state index is 0.348. The molecule has 0 saturated heterocycles. The standard InChI is InChI=1S/C16H22N2OS/c1-4-10-17-12(3)15-11-18-16(20-15)13-8-6-7-9-14(13)19-5-2/h6-9,11-12,17H,4-5,10H2,1-3H3. The molecular weight excluding hydrogens is 268 g/mol. The van der Waals surface area contributed by atoms with Crippen LogP contribution >= 0.6 is 11.3 Å². The van der Waals surface area contributed by atoms with Gasteiger partial charge in [-0.05, 0) is 38.9 Å². The summed E-state index contributed by atoms with van der Waals surface area (Å²) < 4.78 is 5.68. The van der Waals surface area contributed by atoms with Crippen molar-refractivity contribution in [2.45, 2.75) is 33.2 Å². The highest BCUT2D eigenvalue weighted by Crippen LogP contribution is 2.34. The lowest BCUT2D eigenvalue weighted by molar-refractivity contribution is 0.341. The second-order valence-corrected chi connectivity index (χ2v) is 5.73. The maximum Gasteiger partial charge on any atom is 0.129 e. The van der Waals surface area contributed by atoms with Gasteiger partial charge in [0.25, 0.3) is 0 Å². The van der Waals surface area contributed by atoms with Gasteiger partial charge in [-0.25, -0.2) is 4.98 Å². The van der Waals surface area contributed by atoms with Crippen LogP contribution < -0.4 is 10.1 Å². The van der Waals surface area contributed by atoms with Gasteiger partial charge in [-0.2, -0.15) is 0 Å². The van der Waals surface area contributed by atoms with E-state index >= 15 is 0 Å². The van der Waals surface area contributed by atoms with Crippen molar-refractivity contribution in [1.29, 1.82) is 0 Å². The third-order valence-electron chi connectivity index (χ3n) is 3.07. The van der Waals surface area contributed by atoms with Crippen molar-refractivity contribution >= 4 is 11.3 Å². The number of nitrogens with zero attached hydrogens (tertiary/aromatic N) is 1. The van der Waals surface area contributed by atoms with Crippen LogP contribution in [0.3, 0.4) is 0 Å². The lowest BCUT2D eigenvalue weighted by Gasteiger charge is -2.10. The highest BCUT2D eigenvalue weighted by molar-refractivity contribution is 7.15. The predicted octanol–water partition coefficient (Wildman–Crippen LogP) is 4.27. The molecule has 0 bridgehead atoms. The van der Waals surface area contributed by atoms with E-state index in [2.05, 4.69) is 30.2 Å². The first-order valence-electron chi connectivity index (χ1n) is 7.17. The van der Waals surface area contributed by atoms with Crippen LogP contribution in [0.5, 0.6) is 5.75 Å². The number of ether oxygens (including phenoxy) is 1. The summed E-state index contributed by atoms with van der Waals surface area (Å²) in [6.45, 7) is 8.06. The largest absolute Gasteiger partial charge is 0.493 e. The topological polar surface area (TPSA) is 34.2 Å². The van der Waals surface area contributed by atoms with E-state index in [1.807, 2.05) is 31.3 Å². The molecule has 108 valence electrons. The van der Waals surface area contributed by atoms with E-state index in [0.717, 1.165) is 29.3 Å². The summed E-state index contributed by atoms with van der Waals surface area (Å²) in [5.41, 5.74) is 1.08. The highest BCUT2D eigenvalue weighted by Gasteiger charge is 2.13. The molecule has 0 radical (unpaired) electrons. The predicted molar refractivity (Wildman–Crippen MR) is 85.4 cm³/mol. The molecule has 0 aliphatic rings. The van der Waals surface area contributed by atoms with Crippen LogP contribution in [-0.2, 0) is 0 Å². The fourth-order valence-electron chi connectivity index (χ4n) is 2.00. The molecule has 4 heteroatoms. The van der Waals surface area contributed by atoms with E-state index in [1.165, 1.54) is 4.88 Å². The summed E-state index contributed by atoms with van der Waals surface area (Å²) in [5.74, 6) is 0.907. The van der Waals surface area contributed by atoms with Gasteiger partial charge in [0.15, 0.2) is 0 Å². The first-order chi connectivity index (χ1) is 9.76. The summed E-state index contributed by atoms with van der Waals surface area (Å²) in [7, 11) is 0. The summed E-state index contributed by atoms with van der Waals surface area (Å²) in [6, 6.07) is 8.43. The van der Waals surface area contributed by atoms with E-state index in [-0.39, 0.29) is 0 Å². The second-order valence-electron chi connectivity index (χ2n) is 4.67. The fraction of sp³-hybridized carbons (Fsp3) is 0.438. The van der Waals surface area contributed by atoms with Crippen LogP contribution in [0.1, 0.15) is 38.1 Å². The van der Waals surface area contributed by atoms with Crippen molar-refractivity contribution in [2.75, 3.05) is 13.2 Å². The van der Waals surface area contributed by atoms with Crippen LogP contribution in [0.15, 0.2) is 30.5 Å². The van der Waals surface area contributed by atoms with Gasteiger partial charge in [-0.1, -0.05) is 19.1 Å². The van der Waals surface area contributed by atoms with Crippen molar-refractivity contribution in [1.82, 2.24) is 10.3 Å². The number of hydrogen-bond acceptors (Lipinski definition) is 4. The maximum absolute atomic E-state index is 5.68. The third kappa shape index (κ3) is 3.58. The summed E-state index contributed by atoms with van der Waals surface area (Å²) in [4.78, 5) is 5.82. The van der Waals surface area contributed by atoms with Crippen LogP contribution in [0.2, 0.25) is 0 Å². The van der Waals surface area contributed by atoms with Crippen LogP contribution in [-0.4, -0.2) is 18.1 Å².